The van der Waals surface area contributed by atoms with Gasteiger partial charge >= 0.3 is 0 Å². The number of ether oxygens (including phenoxy) is 2. The van der Waals surface area contributed by atoms with Crippen molar-refractivity contribution in [2.45, 2.75) is 31.2 Å². The number of rotatable bonds is 8. The predicted molar refractivity (Wildman–Crippen MR) is 112 cm³/mol. The summed E-state index contributed by atoms with van der Waals surface area (Å²) in [4.78, 5) is 24.6. The fourth-order valence-electron chi connectivity index (χ4n) is 3.20. The van der Waals surface area contributed by atoms with Gasteiger partial charge in [0.25, 0.3) is 5.91 Å². The molecule has 0 bridgehead atoms. The Morgan fingerprint density at radius 2 is 1.94 bits per heavy atom. The monoisotopic (exact) mass is 428 g/mol. The topological polar surface area (TPSA) is 96.9 Å². The molecule has 0 spiro atoms. The molecule has 164 valence electrons. The van der Waals surface area contributed by atoms with Crippen LogP contribution in [0.4, 0.5) is 4.39 Å². The first-order valence-corrected chi connectivity index (χ1v) is 9.89. The number of nitrogens with one attached hydrogen (secondary N) is 2. The summed E-state index contributed by atoms with van der Waals surface area (Å²) in [6, 6.07) is 12.1. The summed E-state index contributed by atoms with van der Waals surface area (Å²) < 4.78 is 24.2. The second-order valence-corrected chi connectivity index (χ2v) is 7.12. The molecule has 0 fully saturated rings. The van der Waals surface area contributed by atoms with Crippen molar-refractivity contribution in [3.8, 4) is 5.75 Å². The Hall–Kier alpha value is -3.23. The highest BCUT2D eigenvalue weighted by molar-refractivity contribution is 5.94. The third-order valence-electron chi connectivity index (χ3n) is 4.88. The Morgan fingerprint density at radius 3 is 2.61 bits per heavy atom. The van der Waals surface area contributed by atoms with Crippen molar-refractivity contribution in [1.29, 1.82) is 0 Å². The van der Waals surface area contributed by atoms with Gasteiger partial charge in [-0.25, -0.2) is 4.39 Å². The van der Waals surface area contributed by atoms with Crippen molar-refractivity contribution in [3.63, 3.8) is 0 Å². The highest BCUT2D eigenvalue weighted by Gasteiger charge is 2.29. The molecule has 1 aliphatic heterocycles. The largest absolute Gasteiger partial charge is 0.497 e. The molecule has 3 N–H and O–H groups in total. The Morgan fingerprint density at radius 1 is 1.16 bits per heavy atom. The highest BCUT2D eigenvalue weighted by Crippen LogP contribution is 2.17. The first-order chi connectivity index (χ1) is 15.0. The summed E-state index contributed by atoms with van der Waals surface area (Å²) in [5.74, 6) is -0.455. The number of carbonyl (C=O) groups is 2. The zero-order valence-electron chi connectivity index (χ0n) is 17.1. The van der Waals surface area contributed by atoms with Crippen molar-refractivity contribution in [1.82, 2.24) is 10.6 Å². The smallest absolute Gasteiger partial charge is 0.251 e. The molecule has 0 saturated carbocycles. The summed E-state index contributed by atoms with van der Waals surface area (Å²) in [6.07, 6.45) is 2.18. The molecule has 2 aromatic carbocycles. The normalized spacial score (nSPS) is 20.2. The summed E-state index contributed by atoms with van der Waals surface area (Å²) in [7, 11) is 1.59. The lowest BCUT2D eigenvalue weighted by Crippen LogP contribution is -2.49. The maximum absolute atomic E-state index is 13.3. The molecule has 2 aromatic rings. The molecule has 3 atom stereocenters. The fraction of sp³-hybridized carbons (Fsp3) is 0.304. The molecule has 1 aliphatic rings. The van der Waals surface area contributed by atoms with Crippen LogP contribution in [0.1, 0.15) is 22.3 Å². The van der Waals surface area contributed by atoms with Gasteiger partial charge in [0, 0.05) is 12.1 Å². The van der Waals surface area contributed by atoms with Gasteiger partial charge in [-0.15, -0.1) is 0 Å². The van der Waals surface area contributed by atoms with Gasteiger partial charge in [-0.3, -0.25) is 9.59 Å². The summed E-state index contributed by atoms with van der Waals surface area (Å²) in [6.45, 7) is 0.0252. The molecule has 0 aromatic heterocycles. The molecule has 0 saturated heterocycles. The zero-order chi connectivity index (χ0) is 22.2. The van der Waals surface area contributed by atoms with Gasteiger partial charge in [-0.2, -0.15) is 0 Å². The van der Waals surface area contributed by atoms with Crippen LogP contribution in [0.25, 0.3) is 0 Å². The lowest BCUT2D eigenvalue weighted by molar-refractivity contribution is -0.125. The summed E-state index contributed by atoms with van der Waals surface area (Å²) in [5, 5.41) is 15.2. The van der Waals surface area contributed by atoms with Crippen LogP contribution in [0.2, 0.25) is 0 Å². The quantitative estimate of drug-likeness (QED) is 0.559. The lowest BCUT2D eigenvalue weighted by Gasteiger charge is -2.31. The number of hydrogen-bond acceptors (Lipinski definition) is 5. The van der Waals surface area contributed by atoms with E-state index < -0.39 is 30.0 Å². The Kier molecular flexibility index (Phi) is 7.75. The van der Waals surface area contributed by atoms with Crippen LogP contribution in [0.5, 0.6) is 5.75 Å². The standard InChI is InChI=1S/C23H25FN2O5/c1-30-18-7-5-15(6-8-18)13-25-22(28)12-19-9-10-20(21(14-27)31-19)26-23(29)16-3-2-4-17(24)11-16/h2-11,19-21,27H,12-14H2,1H3,(H,25,28)(H,26,29)/t19-,20+,21+/m1/s1. The minimum atomic E-state index is -0.720. The van der Waals surface area contributed by atoms with E-state index in [1.54, 1.807) is 19.3 Å². The molecule has 31 heavy (non-hydrogen) atoms. The molecule has 1 heterocycles. The van der Waals surface area contributed by atoms with Gasteiger partial charge in [0.2, 0.25) is 5.91 Å². The molecule has 0 aliphatic carbocycles. The van der Waals surface area contributed by atoms with Gasteiger partial charge < -0.3 is 25.2 Å². The van der Waals surface area contributed by atoms with Crippen molar-refractivity contribution in [3.05, 3.63) is 77.6 Å². The van der Waals surface area contributed by atoms with Crippen LogP contribution in [0.3, 0.4) is 0 Å². The minimum absolute atomic E-state index is 0.0771. The number of aliphatic hydroxyl groups is 1. The van der Waals surface area contributed by atoms with Gasteiger partial charge in [-0.1, -0.05) is 30.4 Å². The third-order valence-corrected chi connectivity index (χ3v) is 4.88. The summed E-state index contributed by atoms with van der Waals surface area (Å²) in [5.41, 5.74) is 1.10. The SMILES string of the molecule is COc1ccc(CNC(=O)C[C@H]2C=C[C@H](NC(=O)c3cccc(F)c3)[C@H](CO)O2)cc1. The molecular weight excluding hydrogens is 403 g/mol. The minimum Gasteiger partial charge on any atom is -0.497 e. The van der Waals surface area contributed by atoms with Crippen LogP contribution in [-0.2, 0) is 16.1 Å². The number of hydrogen-bond donors (Lipinski definition) is 3. The van der Waals surface area contributed by atoms with Gasteiger partial charge in [0.1, 0.15) is 17.7 Å². The molecule has 0 radical (unpaired) electrons. The first-order valence-electron chi connectivity index (χ1n) is 9.89. The van der Waals surface area contributed by atoms with E-state index in [4.69, 9.17) is 9.47 Å². The third kappa shape index (κ3) is 6.37. The second-order valence-electron chi connectivity index (χ2n) is 7.12. The van der Waals surface area contributed by atoms with E-state index >= 15 is 0 Å². The number of aliphatic hydroxyl groups excluding tert-OH is 1. The first kappa shape index (κ1) is 22.5. The van der Waals surface area contributed by atoms with E-state index in [0.29, 0.717) is 6.54 Å². The van der Waals surface area contributed by atoms with E-state index in [9.17, 15) is 19.1 Å². The Bertz CT molecular complexity index is 932. The van der Waals surface area contributed by atoms with E-state index in [1.165, 1.54) is 18.2 Å². The number of amides is 2. The van der Waals surface area contributed by atoms with Crippen molar-refractivity contribution < 1.29 is 28.6 Å². The van der Waals surface area contributed by atoms with E-state index in [2.05, 4.69) is 10.6 Å². The average Bonchev–Trinajstić information content (AvgIpc) is 2.79. The van der Waals surface area contributed by atoms with E-state index in [-0.39, 0.29) is 24.5 Å². The van der Waals surface area contributed by atoms with Crippen LogP contribution < -0.4 is 15.4 Å². The second kappa shape index (κ2) is 10.7. The lowest BCUT2D eigenvalue weighted by atomic mass is 10.0. The number of methoxy groups -OCH3 is 1. The van der Waals surface area contributed by atoms with Crippen molar-refractivity contribution >= 4 is 11.8 Å². The summed E-state index contributed by atoms with van der Waals surface area (Å²) >= 11 is 0. The molecule has 8 heteroatoms. The number of benzene rings is 2. The maximum Gasteiger partial charge on any atom is 0.251 e. The molecule has 2 amide bonds. The fourth-order valence-corrected chi connectivity index (χ4v) is 3.20. The molecule has 0 unspecified atom stereocenters. The van der Waals surface area contributed by atoms with Crippen molar-refractivity contribution in [2.24, 2.45) is 0 Å². The van der Waals surface area contributed by atoms with Crippen LogP contribution in [-0.4, -0.2) is 48.9 Å². The average molecular weight is 428 g/mol. The molecule has 7 nitrogen and oxygen atoms in total. The Balaban J connectivity index is 1.51. The molecule has 3 rings (SSSR count). The van der Waals surface area contributed by atoms with E-state index in [0.717, 1.165) is 17.4 Å². The van der Waals surface area contributed by atoms with Gasteiger partial charge in [-0.05, 0) is 35.9 Å². The van der Waals surface area contributed by atoms with Crippen molar-refractivity contribution in [2.75, 3.05) is 13.7 Å². The Labute approximate surface area is 179 Å². The van der Waals surface area contributed by atoms with Crippen LogP contribution in [0, 0.1) is 5.82 Å². The van der Waals surface area contributed by atoms with E-state index in [1.807, 2.05) is 24.3 Å². The predicted octanol–water partition coefficient (Wildman–Crippen LogP) is 1.96. The number of halogens is 1. The van der Waals surface area contributed by atoms with Gasteiger partial charge in [0.15, 0.2) is 0 Å². The molecular formula is C23H25FN2O5. The maximum atomic E-state index is 13.3. The number of carbonyl (C=O) groups excluding carboxylic acids is 2. The van der Waals surface area contributed by atoms with Crippen LogP contribution >= 0.6 is 0 Å². The highest BCUT2D eigenvalue weighted by atomic mass is 19.1. The van der Waals surface area contributed by atoms with Gasteiger partial charge in [0.05, 0.1) is 32.3 Å². The zero-order valence-corrected chi connectivity index (χ0v) is 17.1. The van der Waals surface area contributed by atoms with Crippen LogP contribution in [0.15, 0.2) is 60.7 Å².